The van der Waals surface area contributed by atoms with Crippen molar-refractivity contribution in [2.24, 2.45) is 5.73 Å². The maximum Gasteiger partial charge on any atom is 0.254 e. The van der Waals surface area contributed by atoms with Gasteiger partial charge in [0, 0.05) is 24.4 Å². The molecule has 1 heterocycles. The maximum atomic E-state index is 12.7. The highest BCUT2D eigenvalue weighted by Crippen LogP contribution is 2.47. The molecule has 1 aliphatic rings. The number of nitrogens with zero attached hydrogens (tertiary/aromatic N) is 2. The number of hydrogen-bond acceptors (Lipinski definition) is 4. The van der Waals surface area contributed by atoms with Crippen molar-refractivity contribution < 1.29 is 9.59 Å². The number of nitrogens with two attached hydrogens (primary N) is 2. The number of anilines is 1. The molecule has 0 saturated heterocycles. The molecule has 2 aromatic carbocycles. The van der Waals surface area contributed by atoms with Crippen LogP contribution in [0.25, 0.3) is 11.3 Å². The second-order valence-corrected chi connectivity index (χ2v) is 9.36. The molecule has 32 heavy (non-hydrogen) atoms. The number of primary amides is 1. The van der Waals surface area contributed by atoms with Gasteiger partial charge in [-0.05, 0) is 48.8 Å². The third kappa shape index (κ3) is 4.31. The summed E-state index contributed by atoms with van der Waals surface area (Å²) in [4.78, 5) is 24.7. The van der Waals surface area contributed by atoms with Gasteiger partial charge < -0.3 is 11.5 Å². The number of aromatic nitrogens is 2. The highest BCUT2D eigenvalue weighted by molar-refractivity contribution is 6.03. The van der Waals surface area contributed by atoms with Crippen molar-refractivity contribution in [3.05, 3.63) is 70.8 Å². The largest absolute Gasteiger partial charge is 0.383 e. The fourth-order valence-electron chi connectivity index (χ4n) is 4.12. The van der Waals surface area contributed by atoms with Gasteiger partial charge in [0.05, 0.1) is 0 Å². The Morgan fingerprint density at radius 3 is 2.31 bits per heavy atom. The van der Waals surface area contributed by atoms with E-state index >= 15 is 0 Å². The second-order valence-electron chi connectivity index (χ2n) is 9.36. The minimum absolute atomic E-state index is 0.000232. The van der Waals surface area contributed by atoms with Gasteiger partial charge in [0.15, 0.2) is 0 Å². The highest BCUT2D eigenvalue weighted by Gasteiger charge is 2.38. The van der Waals surface area contributed by atoms with Gasteiger partial charge in [-0.1, -0.05) is 55.5 Å². The fourth-order valence-corrected chi connectivity index (χ4v) is 4.12. The van der Waals surface area contributed by atoms with Gasteiger partial charge in [-0.2, -0.15) is 5.10 Å². The third-order valence-electron chi connectivity index (χ3n) is 6.34. The van der Waals surface area contributed by atoms with Crippen LogP contribution in [0, 0.1) is 0 Å². The van der Waals surface area contributed by atoms with Crippen molar-refractivity contribution in [2.75, 3.05) is 5.73 Å². The summed E-state index contributed by atoms with van der Waals surface area (Å²) in [7, 11) is 0. The first-order chi connectivity index (χ1) is 15.2. The molecule has 0 radical (unpaired) electrons. The minimum atomic E-state index is -0.606. The van der Waals surface area contributed by atoms with Gasteiger partial charge in [-0.25, -0.2) is 4.68 Å². The Hall–Kier alpha value is -3.41. The van der Waals surface area contributed by atoms with Crippen molar-refractivity contribution in [3.63, 3.8) is 0 Å². The topological polar surface area (TPSA) is 104 Å². The van der Waals surface area contributed by atoms with Gasteiger partial charge >= 0.3 is 0 Å². The molecule has 0 atom stereocenters. The summed E-state index contributed by atoms with van der Waals surface area (Å²) in [5.74, 6) is -0.169. The van der Waals surface area contributed by atoms with Crippen LogP contribution in [-0.4, -0.2) is 21.5 Å². The molecule has 3 aromatic rings. The molecular weight excluding hydrogens is 400 g/mol. The molecule has 166 valence electrons. The Morgan fingerprint density at radius 2 is 1.72 bits per heavy atom. The summed E-state index contributed by atoms with van der Waals surface area (Å²) >= 11 is 0. The summed E-state index contributed by atoms with van der Waals surface area (Å²) in [5.41, 5.74) is 16.7. The lowest BCUT2D eigenvalue weighted by atomic mass is 9.94. The molecule has 1 aromatic heterocycles. The monoisotopic (exact) mass is 430 g/mol. The van der Waals surface area contributed by atoms with Gasteiger partial charge in [-0.3, -0.25) is 9.59 Å². The van der Waals surface area contributed by atoms with Crippen LogP contribution in [-0.2, 0) is 23.1 Å². The van der Waals surface area contributed by atoms with Crippen LogP contribution in [0.1, 0.15) is 66.7 Å². The Labute approximate surface area is 188 Å². The molecule has 4 N–H and O–H groups in total. The van der Waals surface area contributed by atoms with E-state index in [2.05, 4.69) is 30.2 Å². The lowest BCUT2D eigenvalue weighted by Gasteiger charge is -2.10. The van der Waals surface area contributed by atoms with E-state index < -0.39 is 5.91 Å². The second kappa shape index (κ2) is 8.26. The van der Waals surface area contributed by atoms with Crippen molar-refractivity contribution in [3.8, 4) is 11.3 Å². The number of Topliss-reactive ketones (excluding diaryl/α,β-unsaturated/α-hetero) is 1. The van der Waals surface area contributed by atoms with Crippen molar-refractivity contribution in [1.82, 2.24) is 9.78 Å². The van der Waals surface area contributed by atoms with E-state index in [-0.39, 0.29) is 23.2 Å². The smallest absolute Gasteiger partial charge is 0.254 e. The number of nitrogen functional groups attached to an aromatic ring is 1. The van der Waals surface area contributed by atoms with Crippen molar-refractivity contribution in [1.29, 1.82) is 0 Å². The van der Waals surface area contributed by atoms with E-state index in [1.165, 1.54) is 18.4 Å². The molecule has 1 fully saturated rings. The van der Waals surface area contributed by atoms with Crippen LogP contribution >= 0.6 is 0 Å². The maximum absolute atomic E-state index is 12.7. The summed E-state index contributed by atoms with van der Waals surface area (Å²) in [6.07, 6.45) is 3.21. The molecule has 0 spiro atoms. The molecular formula is C26H30N4O2. The van der Waals surface area contributed by atoms with Crippen LogP contribution in [0.5, 0.6) is 0 Å². The minimum Gasteiger partial charge on any atom is -0.383 e. The SMILES string of the molecule is CC(C)n1nc(-c2ccc(CC(=O)Cc3cccc(C4(C)CC4)c3)cc2)c(C(N)=O)c1N. The van der Waals surface area contributed by atoms with Crippen LogP contribution in [0.2, 0.25) is 0 Å². The molecule has 1 amide bonds. The molecule has 0 aliphatic heterocycles. The number of rotatable bonds is 8. The van der Waals surface area contributed by atoms with E-state index in [0.29, 0.717) is 24.0 Å². The lowest BCUT2D eigenvalue weighted by Crippen LogP contribution is -2.15. The Morgan fingerprint density at radius 1 is 1.06 bits per heavy atom. The zero-order chi connectivity index (χ0) is 23.0. The molecule has 6 heteroatoms. The quantitative estimate of drug-likeness (QED) is 0.558. The number of benzene rings is 2. The van der Waals surface area contributed by atoms with E-state index in [9.17, 15) is 9.59 Å². The van der Waals surface area contributed by atoms with E-state index in [4.69, 9.17) is 11.5 Å². The average Bonchev–Trinajstić information content (AvgIpc) is 3.39. The first kappa shape index (κ1) is 21.8. The number of hydrogen-bond donors (Lipinski definition) is 2. The van der Waals surface area contributed by atoms with E-state index in [1.807, 2.05) is 44.2 Å². The first-order valence-corrected chi connectivity index (χ1v) is 11.1. The molecule has 1 saturated carbocycles. The summed E-state index contributed by atoms with van der Waals surface area (Å²) in [6.45, 7) is 6.15. The first-order valence-electron chi connectivity index (χ1n) is 11.1. The predicted octanol–water partition coefficient (Wildman–Crippen LogP) is 4.22. The predicted molar refractivity (Wildman–Crippen MR) is 126 cm³/mol. The molecule has 6 nitrogen and oxygen atoms in total. The average molecular weight is 431 g/mol. The van der Waals surface area contributed by atoms with Crippen molar-refractivity contribution in [2.45, 2.75) is 57.9 Å². The van der Waals surface area contributed by atoms with Gasteiger partial charge in [0.25, 0.3) is 5.91 Å². The summed E-state index contributed by atoms with van der Waals surface area (Å²) < 4.78 is 1.60. The van der Waals surface area contributed by atoms with Crippen LogP contribution in [0.15, 0.2) is 48.5 Å². The van der Waals surface area contributed by atoms with Gasteiger partial charge in [0.1, 0.15) is 22.9 Å². The Balaban J connectivity index is 1.48. The highest BCUT2D eigenvalue weighted by atomic mass is 16.1. The van der Waals surface area contributed by atoms with Crippen molar-refractivity contribution >= 4 is 17.5 Å². The zero-order valence-electron chi connectivity index (χ0n) is 18.9. The molecule has 0 bridgehead atoms. The lowest BCUT2D eigenvalue weighted by molar-refractivity contribution is -0.117. The Kier molecular flexibility index (Phi) is 5.63. The normalized spacial score (nSPS) is 14.5. The molecule has 0 unspecified atom stereocenters. The number of amides is 1. The van der Waals surface area contributed by atoms with E-state index in [0.717, 1.165) is 16.7 Å². The third-order valence-corrected chi connectivity index (χ3v) is 6.34. The zero-order valence-corrected chi connectivity index (χ0v) is 18.9. The van der Waals surface area contributed by atoms with Crippen LogP contribution < -0.4 is 11.5 Å². The molecule has 4 rings (SSSR count). The van der Waals surface area contributed by atoms with Gasteiger partial charge in [0.2, 0.25) is 0 Å². The standard InChI is InChI=1S/C26H30N4O2/c1-16(2)30-24(27)22(25(28)32)23(29-30)19-9-7-17(8-10-19)14-21(31)15-18-5-4-6-20(13-18)26(3)11-12-26/h4-10,13,16H,11-12,14-15,27H2,1-3H3,(H2,28,32). The fraction of sp³-hybridized carbons (Fsp3) is 0.346. The summed E-state index contributed by atoms with van der Waals surface area (Å²) in [5, 5.41) is 4.50. The van der Waals surface area contributed by atoms with Crippen LogP contribution in [0.3, 0.4) is 0 Å². The Bertz CT molecular complexity index is 1170. The summed E-state index contributed by atoms with van der Waals surface area (Å²) in [6, 6.07) is 15.9. The van der Waals surface area contributed by atoms with E-state index in [1.54, 1.807) is 4.68 Å². The number of carbonyl (C=O) groups excluding carboxylic acids is 2. The number of ketones is 1. The van der Waals surface area contributed by atoms with Crippen LogP contribution in [0.4, 0.5) is 5.82 Å². The van der Waals surface area contributed by atoms with Gasteiger partial charge in [-0.15, -0.1) is 0 Å². The number of carbonyl (C=O) groups is 2. The molecule has 1 aliphatic carbocycles.